The molecular weight excluding hydrogens is 260 g/mol. The third kappa shape index (κ3) is 3.82. The van der Waals surface area contributed by atoms with E-state index in [1.165, 1.54) is 4.88 Å². The SMILES string of the molecule is CN=C(NCc1ccco1)NCc1sc(C)nc1C. The maximum Gasteiger partial charge on any atom is 0.191 e. The highest BCUT2D eigenvalue weighted by Gasteiger charge is 2.06. The highest BCUT2D eigenvalue weighted by molar-refractivity contribution is 7.11. The number of hydrogen-bond donors (Lipinski definition) is 2. The zero-order chi connectivity index (χ0) is 13.7. The molecule has 2 aromatic rings. The third-order valence-electron chi connectivity index (χ3n) is 2.65. The number of hydrogen-bond acceptors (Lipinski definition) is 4. The van der Waals surface area contributed by atoms with Gasteiger partial charge < -0.3 is 15.1 Å². The molecule has 2 N–H and O–H groups in total. The predicted molar refractivity (Wildman–Crippen MR) is 77.3 cm³/mol. The van der Waals surface area contributed by atoms with Crippen LogP contribution in [0.15, 0.2) is 27.8 Å². The Kier molecular flexibility index (Phi) is 4.57. The van der Waals surface area contributed by atoms with Crippen LogP contribution in [-0.2, 0) is 13.1 Å². The van der Waals surface area contributed by atoms with Crippen molar-refractivity contribution in [2.24, 2.45) is 4.99 Å². The Bertz CT molecular complexity index is 545. The molecule has 5 nitrogen and oxygen atoms in total. The number of thiazole rings is 1. The summed E-state index contributed by atoms with van der Waals surface area (Å²) in [4.78, 5) is 9.82. The minimum Gasteiger partial charge on any atom is -0.467 e. The number of aliphatic imine (C=N–C) groups is 1. The van der Waals surface area contributed by atoms with E-state index in [-0.39, 0.29) is 0 Å². The lowest BCUT2D eigenvalue weighted by Crippen LogP contribution is -2.36. The van der Waals surface area contributed by atoms with Gasteiger partial charge >= 0.3 is 0 Å². The minimum atomic E-state index is 0.618. The van der Waals surface area contributed by atoms with Crippen LogP contribution in [0.3, 0.4) is 0 Å². The van der Waals surface area contributed by atoms with Crippen LogP contribution in [0.4, 0.5) is 0 Å². The minimum absolute atomic E-state index is 0.618. The van der Waals surface area contributed by atoms with Gasteiger partial charge in [-0.3, -0.25) is 4.99 Å². The van der Waals surface area contributed by atoms with Gasteiger partial charge in [0, 0.05) is 11.9 Å². The Hall–Kier alpha value is -1.82. The summed E-state index contributed by atoms with van der Waals surface area (Å²) in [6.07, 6.45) is 1.66. The van der Waals surface area contributed by atoms with E-state index in [4.69, 9.17) is 4.42 Å². The van der Waals surface area contributed by atoms with Gasteiger partial charge in [-0.15, -0.1) is 11.3 Å². The molecule has 0 aliphatic rings. The number of nitrogens with zero attached hydrogens (tertiary/aromatic N) is 2. The number of guanidine groups is 1. The van der Waals surface area contributed by atoms with Gasteiger partial charge in [0.15, 0.2) is 5.96 Å². The van der Waals surface area contributed by atoms with Gasteiger partial charge in [-0.05, 0) is 26.0 Å². The summed E-state index contributed by atoms with van der Waals surface area (Å²) in [7, 11) is 1.75. The third-order valence-corrected chi connectivity index (χ3v) is 3.72. The second-order valence-electron chi connectivity index (χ2n) is 4.10. The zero-order valence-electron chi connectivity index (χ0n) is 11.4. The summed E-state index contributed by atoms with van der Waals surface area (Å²) in [5.41, 5.74) is 1.08. The lowest BCUT2D eigenvalue weighted by atomic mass is 10.4. The average Bonchev–Trinajstić information content (AvgIpc) is 3.00. The Morgan fingerprint density at radius 3 is 2.74 bits per heavy atom. The Labute approximate surface area is 116 Å². The van der Waals surface area contributed by atoms with E-state index in [0.29, 0.717) is 6.54 Å². The molecule has 0 aliphatic heterocycles. The van der Waals surface area contributed by atoms with E-state index in [1.807, 2.05) is 26.0 Å². The van der Waals surface area contributed by atoms with E-state index >= 15 is 0 Å². The van der Waals surface area contributed by atoms with E-state index < -0.39 is 0 Å². The van der Waals surface area contributed by atoms with Crippen LogP contribution in [0, 0.1) is 13.8 Å². The summed E-state index contributed by atoms with van der Waals surface area (Å²) in [6.45, 7) is 5.40. The molecule has 0 radical (unpaired) electrons. The van der Waals surface area contributed by atoms with Gasteiger partial charge in [-0.1, -0.05) is 0 Å². The van der Waals surface area contributed by atoms with E-state index in [2.05, 4.69) is 20.6 Å². The smallest absolute Gasteiger partial charge is 0.191 e. The first-order valence-corrected chi connectivity index (χ1v) is 6.90. The molecular formula is C13H18N4OS. The average molecular weight is 278 g/mol. The molecule has 2 rings (SSSR count). The molecule has 6 heteroatoms. The highest BCUT2D eigenvalue weighted by Crippen LogP contribution is 2.16. The largest absolute Gasteiger partial charge is 0.467 e. The Morgan fingerprint density at radius 2 is 2.16 bits per heavy atom. The van der Waals surface area contributed by atoms with Crippen molar-refractivity contribution in [3.63, 3.8) is 0 Å². The molecule has 0 amide bonds. The lowest BCUT2D eigenvalue weighted by Gasteiger charge is -2.10. The molecule has 2 heterocycles. The van der Waals surface area contributed by atoms with Crippen LogP contribution in [0.2, 0.25) is 0 Å². The fraction of sp³-hybridized carbons (Fsp3) is 0.385. The van der Waals surface area contributed by atoms with Crippen molar-refractivity contribution >= 4 is 17.3 Å². The fourth-order valence-electron chi connectivity index (χ4n) is 1.71. The quantitative estimate of drug-likeness (QED) is 0.665. The Morgan fingerprint density at radius 1 is 1.37 bits per heavy atom. The summed E-state index contributed by atoms with van der Waals surface area (Å²) in [5, 5.41) is 7.56. The van der Waals surface area contributed by atoms with E-state index in [0.717, 1.165) is 29.0 Å². The normalized spacial score (nSPS) is 11.6. The molecule has 19 heavy (non-hydrogen) atoms. The second-order valence-corrected chi connectivity index (χ2v) is 5.39. The number of furan rings is 1. The monoisotopic (exact) mass is 278 g/mol. The Balaban J connectivity index is 1.84. The molecule has 0 aromatic carbocycles. The van der Waals surface area contributed by atoms with Crippen molar-refractivity contribution in [2.45, 2.75) is 26.9 Å². The van der Waals surface area contributed by atoms with Crippen molar-refractivity contribution in [1.82, 2.24) is 15.6 Å². The first-order chi connectivity index (χ1) is 9.19. The summed E-state index contributed by atoms with van der Waals surface area (Å²) in [5.74, 6) is 1.63. The molecule has 0 saturated carbocycles. The molecule has 102 valence electrons. The van der Waals surface area contributed by atoms with Gasteiger partial charge in [-0.25, -0.2) is 4.98 Å². The van der Waals surface area contributed by atoms with Crippen LogP contribution >= 0.6 is 11.3 Å². The van der Waals surface area contributed by atoms with Crippen LogP contribution < -0.4 is 10.6 Å². The van der Waals surface area contributed by atoms with Gasteiger partial charge in [0.1, 0.15) is 5.76 Å². The maximum absolute atomic E-state index is 5.26. The molecule has 0 bridgehead atoms. The molecule has 0 atom stereocenters. The number of aryl methyl sites for hydroxylation is 2. The van der Waals surface area contributed by atoms with Crippen molar-refractivity contribution in [3.8, 4) is 0 Å². The molecule has 0 fully saturated rings. The van der Waals surface area contributed by atoms with E-state index in [1.54, 1.807) is 24.6 Å². The molecule has 0 spiro atoms. The topological polar surface area (TPSA) is 62.5 Å². The van der Waals surface area contributed by atoms with Crippen LogP contribution in [0.5, 0.6) is 0 Å². The van der Waals surface area contributed by atoms with Crippen molar-refractivity contribution in [2.75, 3.05) is 7.05 Å². The number of aromatic nitrogens is 1. The number of nitrogens with one attached hydrogen (secondary N) is 2. The van der Waals surface area contributed by atoms with Crippen LogP contribution in [0.1, 0.15) is 21.3 Å². The van der Waals surface area contributed by atoms with Gasteiger partial charge in [-0.2, -0.15) is 0 Å². The van der Waals surface area contributed by atoms with Crippen molar-refractivity contribution < 1.29 is 4.42 Å². The lowest BCUT2D eigenvalue weighted by molar-refractivity contribution is 0.501. The molecule has 0 aliphatic carbocycles. The first-order valence-electron chi connectivity index (χ1n) is 6.09. The molecule has 0 saturated heterocycles. The van der Waals surface area contributed by atoms with Crippen LogP contribution in [0.25, 0.3) is 0 Å². The van der Waals surface area contributed by atoms with Gasteiger partial charge in [0.25, 0.3) is 0 Å². The number of rotatable bonds is 4. The summed E-state index contributed by atoms with van der Waals surface area (Å²) >= 11 is 1.71. The first kappa shape index (κ1) is 13.6. The van der Waals surface area contributed by atoms with Gasteiger partial charge in [0.2, 0.25) is 0 Å². The maximum atomic E-state index is 5.26. The standard InChI is InChI=1S/C13H18N4OS/c1-9-12(19-10(2)17-9)8-16-13(14-3)15-7-11-5-4-6-18-11/h4-6H,7-8H2,1-3H3,(H2,14,15,16). The van der Waals surface area contributed by atoms with Gasteiger partial charge in [0.05, 0.1) is 30.1 Å². The molecule has 0 unspecified atom stereocenters. The fourth-order valence-corrected chi connectivity index (χ4v) is 2.58. The summed E-state index contributed by atoms with van der Waals surface area (Å²) < 4.78 is 5.26. The van der Waals surface area contributed by atoms with Crippen molar-refractivity contribution in [1.29, 1.82) is 0 Å². The molecule has 2 aromatic heterocycles. The van der Waals surface area contributed by atoms with Crippen molar-refractivity contribution in [3.05, 3.63) is 39.7 Å². The predicted octanol–water partition coefficient (Wildman–Crippen LogP) is 2.22. The van der Waals surface area contributed by atoms with Crippen LogP contribution in [-0.4, -0.2) is 18.0 Å². The summed E-state index contributed by atoms with van der Waals surface area (Å²) in [6, 6.07) is 3.80. The second kappa shape index (κ2) is 6.38. The zero-order valence-corrected chi connectivity index (χ0v) is 12.2. The van der Waals surface area contributed by atoms with E-state index in [9.17, 15) is 0 Å². The highest BCUT2D eigenvalue weighted by atomic mass is 32.1.